The number of likely N-dealkylation sites (N-methyl/N-ethyl adjacent to an activating group) is 1. The second-order valence-electron chi connectivity index (χ2n) is 7.61. The molecule has 2 aromatic carbocycles. The highest BCUT2D eigenvalue weighted by Crippen LogP contribution is 2.24. The molecular weight excluding hydrogens is 412 g/mol. The van der Waals surface area contributed by atoms with E-state index >= 15 is 0 Å². The number of nitrogens with one attached hydrogen (secondary N) is 1. The molecule has 0 bridgehead atoms. The molecule has 32 heavy (non-hydrogen) atoms. The first kappa shape index (κ1) is 23.6. The smallest absolute Gasteiger partial charge is 0.220 e. The van der Waals surface area contributed by atoms with E-state index in [9.17, 15) is 13.6 Å². The number of aromatic nitrogens is 1. The molecule has 1 unspecified atom stereocenters. The molecule has 1 amide bonds. The number of oxazole rings is 1. The first-order valence-corrected chi connectivity index (χ1v) is 10.9. The highest BCUT2D eigenvalue weighted by Gasteiger charge is 2.18. The molecular formula is C25H29F2N3O2. The Morgan fingerprint density at radius 1 is 1.12 bits per heavy atom. The maximum Gasteiger partial charge on any atom is 0.220 e. The first-order chi connectivity index (χ1) is 15.5. The van der Waals surface area contributed by atoms with Crippen LogP contribution in [0.3, 0.4) is 0 Å². The molecule has 7 heteroatoms. The third-order valence-electron chi connectivity index (χ3n) is 5.49. The maximum atomic E-state index is 13.9. The number of nitrogens with zero attached hydrogens (tertiary/aromatic N) is 2. The summed E-state index contributed by atoms with van der Waals surface area (Å²) in [5, 5.41) is 3.02. The van der Waals surface area contributed by atoms with E-state index in [0.717, 1.165) is 31.6 Å². The number of rotatable bonds is 11. The molecule has 0 saturated heterocycles. The normalized spacial score (nSPS) is 12.2. The Kier molecular flexibility index (Phi) is 8.50. The van der Waals surface area contributed by atoms with Crippen molar-refractivity contribution in [1.29, 1.82) is 0 Å². The Bertz CT molecular complexity index is 1000. The van der Waals surface area contributed by atoms with Gasteiger partial charge in [-0.3, -0.25) is 9.69 Å². The summed E-state index contributed by atoms with van der Waals surface area (Å²) in [6, 6.07) is 13.7. The van der Waals surface area contributed by atoms with Crippen molar-refractivity contribution < 1.29 is 18.0 Å². The van der Waals surface area contributed by atoms with Gasteiger partial charge in [-0.05, 0) is 37.2 Å². The molecule has 0 aliphatic carbocycles. The van der Waals surface area contributed by atoms with E-state index < -0.39 is 11.6 Å². The summed E-state index contributed by atoms with van der Waals surface area (Å²) in [4.78, 5) is 18.9. The van der Waals surface area contributed by atoms with Crippen molar-refractivity contribution in [2.45, 2.75) is 39.2 Å². The molecule has 0 saturated carbocycles. The van der Waals surface area contributed by atoms with Crippen LogP contribution in [0.25, 0.3) is 11.3 Å². The third kappa shape index (κ3) is 6.47. The van der Waals surface area contributed by atoms with Crippen LogP contribution in [0.2, 0.25) is 0 Å². The van der Waals surface area contributed by atoms with Gasteiger partial charge in [0.25, 0.3) is 0 Å². The number of halogens is 2. The number of carbonyl (C=O) groups is 1. The number of amides is 1. The molecule has 1 aromatic heterocycles. The van der Waals surface area contributed by atoms with Crippen molar-refractivity contribution >= 4 is 5.91 Å². The lowest BCUT2D eigenvalue weighted by Gasteiger charge is -2.30. The van der Waals surface area contributed by atoms with Crippen LogP contribution in [0.1, 0.15) is 31.7 Å². The third-order valence-corrected chi connectivity index (χ3v) is 5.49. The lowest BCUT2D eigenvalue weighted by Crippen LogP contribution is -2.45. The highest BCUT2D eigenvalue weighted by molar-refractivity contribution is 5.76. The zero-order chi connectivity index (χ0) is 22.9. The molecule has 5 nitrogen and oxygen atoms in total. The number of aryl methyl sites for hydroxylation is 1. The second kappa shape index (κ2) is 11.5. The van der Waals surface area contributed by atoms with Crippen LogP contribution in [-0.2, 0) is 17.6 Å². The van der Waals surface area contributed by atoms with Gasteiger partial charge in [-0.1, -0.05) is 44.2 Å². The van der Waals surface area contributed by atoms with Crippen LogP contribution in [0, 0.1) is 11.6 Å². The van der Waals surface area contributed by atoms with Gasteiger partial charge in [-0.15, -0.1) is 0 Å². The van der Waals surface area contributed by atoms with Crippen molar-refractivity contribution in [1.82, 2.24) is 15.2 Å². The Labute approximate surface area is 187 Å². The fraction of sp³-hybridized carbons (Fsp3) is 0.360. The molecule has 3 aromatic rings. The van der Waals surface area contributed by atoms with Crippen LogP contribution in [0.4, 0.5) is 8.78 Å². The summed E-state index contributed by atoms with van der Waals surface area (Å²) in [6.07, 6.45) is 2.75. The van der Waals surface area contributed by atoms with Gasteiger partial charge in [0, 0.05) is 31.5 Å². The largest absolute Gasteiger partial charge is 0.441 e. The van der Waals surface area contributed by atoms with E-state index in [-0.39, 0.29) is 29.7 Å². The van der Waals surface area contributed by atoms with Gasteiger partial charge in [0.05, 0.1) is 11.8 Å². The lowest BCUT2D eigenvalue weighted by atomic mass is 10.0. The van der Waals surface area contributed by atoms with E-state index in [0.29, 0.717) is 18.9 Å². The van der Waals surface area contributed by atoms with E-state index in [2.05, 4.69) is 41.2 Å². The predicted molar refractivity (Wildman–Crippen MR) is 120 cm³/mol. The van der Waals surface area contributed by atoms with Crippen molar-refractivity contribution in [2.24, 2.45) is 0 Å². The standard InChI is InChI=1S/C25H29F2N3O2/c1-3-30(4-2)20(14-18-8-6-5-7-9-18)16-28-24(31)12-13-25-29-17-23(32-25)21-11-10-19(26)15-22(21)27/h5-11,15,17,20H,3-4,12-14,16H2,1-2H3,(H,28,31). The average Bonchev–Trinajstić information content (AvgIpc) is 3.26. The molecule has 0 fully saturated rings. The van der Waals surface area contributed by atoms with E-state index in [1.807, 2.05) is 18.2 Å². The SMILES string of the molecule is CCN(CC)C(CNC(=O)CCc1ncc(-c2ccc(F)cc2F)o1)Cc1ccccc1. The van der Waals surface area contributed by atoms with Crippen molar-refractivity contribution in [3.63, 3.8) is 0 Å². The molecule has 3 rings (SSSR count). The molecule has 0 aliphatic rings. The van der Waals surface area contributed by atoms with E-state index in [4.69, 9.17) is 4.42 Å². The lowest BCUT2D eigenvalue weighted by molar-refractivity contribution is -0.121. The molecule has 0 aliphatic heterocycles. The summed E-state index contributed by atoms with van der Waals surface area (Å²) in [5.74, 6) is -0.919. The number of carbonyl (C=O) groups excluding carboxylic acids is 1. The Balaban J connectivity index is 1.53. The van der Waals surface area contributed by atoms with Gasteiger partial charge in [0.15, 0.2) is 11.7 Å². The van der Waals surface area contributed by atoms with Crippen molar-refractivity contribution in [3.8, 4) is 11.3 Å². The summed E-state index contributed by atoms with van der Waals surface area (Å²) < 4.78 is 32.6. The van der Waals surface area contributed by atoms with Crippen molar-refractivity contribution in [2.75, 3.05) is 19.6 Å². The fourth-order valence-corrected chi connectivity index (χ4v) is 3.74. The van der Waals surface area contributed by atoms with Crippen LogP contribution in [0.5, 0.6) is 0 Å². The minimum absolute atomic E-state index is 0.0945. The number of hydrogen-bond donors (Lipinski definition) is 1. The summed E-state index contributed by atoms with van der Waals surface area (Å²) >= 11 is 0. The first-order valence-electron chi connectivity index (χ1n) is 10.9. The van der Waals surface area contributed by atoms with Crippen LogP contribution < -0.4 is 5.32 Å². The Morgan fingerprint density at radius 3 is 2.56 bits per heavy atom. The number of hydrogen-bond acceptors (Lipinski definition) is 4. The maximum absolute atomic E-state index is 13.9. The van der Waals surface area contributed by atoms with Gasteiger partial charge in [-0.25, -0.2) is 13.8 Å². The average molecular weight is 442 g/mol. The molecule has 1 heterocycles. The summed E-state index contributed by atoms with van der Waals surface area (Å²) in [5.41, 5.74) is 1.37. The van der Waals surface area contributed by atoms with Gasteiger partial charge in [0.2, 0.25) is 5.91 Å². The molecule has 1 N–H and O–H groups in total. The summed E-state index contributed by atoms with van der Waals surface area (Å²) in [7, 11) is 0. The number of benzene rings is 2. The Morgan fingerprint density at radius 2 is 1.88 bits per heavy atom. The van der Waals surface area contributed by atoms with E-state index in [1.165, 1.54) is 17.8 Å². The van der Waals surface area contributed by atoms with Gasteiger partial charge >= 0.3 is 0 Å². The fourth-order valence-electron chi connectivity index (χ4n) is 3.74. The minimum atomic E-state index is -0.716. The second-order valence-corrected chi connectivity index (χ2v) is 7.61. The quantitative estimate of drug-likeness (QED) is 0.472. The topological polar surface area (TPSA) is 58.4 Å². The highest BCUT2D eigenvalue weighted by atomic mass is 19.1. The molecule has 1 atom stereocenters. The zero-order valence-electron chi connectivity index (χ0n) is 18.5. The monoisotopic (exact) mass is 441 g/mol. The Hall–Kier alpha value is -3.06. The predicted octanol–water partition coefficient (Wildman–Crippen LogP) is 4.62. The zero-order valence-corrected chi connectivity index (χ0v) is 18.5. The molecule has 0 radical (unpaired) electrons. The van der Waals surface area contributed by atoms with Gasteiger partial charge in [0.1, 0.15) is 11.6 Å². The minimum Gasteiger partial charge on any atom is -0.441 e. The van der Waals surface area contributed by atoms with Crippen LogP contribution >= 0.6 is 0 Å². The van der Waals surface area contributed by atoms with E-state index in [1.54, 1.807) is 0 Å². The molecule has 170 valence electrons. The molecule has 0 spiro atoms. The van der Waals surface area contributed by atoms with Crippen LogP contribution in [0.15, 0.2) is 59.1 Å². The van der Waals surface area contributed by atoms with Crippen molar-refractivity contribution in [3.05, 3.63) is 77.8 Å². The van der Waals surface area contributed by atoms with Crippen LogP contribution in [-0.4, -0.2) is 41.5 Å². The summed E-state index contributed by atoms with van der Waals surface area (Å²) in [6.45, 7) is 6.60. The van der Waals surface area contributed by atoms with Gasteiger partial charge < -0.3 is 9.73 Å². The van der Waals surface area contributed by atoms with Gasteiger partial charge in [-0.2, -0.15) is 0 Å².